The molecule has 4 rings (SSSR count). The molecule has 0 aliphatic heterocycles. The maximum absolute atomic E-state index is 12.8. The predicted molar refractivity (Wildman–Crippen MR) is 138 cm³/mol. The Morgan fingerprint density at radius 3 is 2.53 bits per heavy atom. The number of aryl methyl sites for hydroxylation is 1. The highest BCUT2D eigenvalue weighted by atomic mass is 35.5. The van der Waals surface area contributed by atoms with E-state index in [-0.39, 0.29) is 11.9 Å². The van der Waals surface area contributed by atoms with E-state index >= 15 is 0 Å². The molecule has 5 nitrogen and oxygen atoms in total. The van der Waals surface area contributed by atoms with Crippen LogP contribution in [0.5, 0.6) is 5.75 Å². The second kappa shape index (κ2) is 10.7. The first kappa shape index (κ1) is 23.8. The van der Waals surface area contributed by atoms with E-state index in [4.69, 9.17) is 21.3 Å². The maximum Gasteiger partial charge on any atom is 0.251 e. The molecule has 0 saturated carbocycles. The van der Waals surface area contributed by atoms with E-state index < -0.39 is 0 Å². The number of fused-ring (bicyclic) bond motifs is 1. The first-order chi connectivity index (χ1) is 16.4. The quantitative estimate of drug-likeness (QED) is 0.272. The van der Waals surface area contributed by atoms with Gasteiger partial charge in [0.05, 0.1) is 23.7 Å². The van der Waals surface area contributed by atoms with Crippen molar-refractivity contribution in [3.8, 4) is 5.75 Å². The van der Waals surface area contributed by atoms with Crippen molar-refractivity contribution in [1.82, 2.24) is 14.9 Å². The van der Waals surface area contributed by atoms with Crippen LogP contribution in [0.15, 0.2) is 72.8 Å². The van der Waals surface area contributed by atoms with Crippen molar-refractivity contribution in [3.05, 3.63) is 94.8 Å². The summed E-state index contributed by atoms with van der Waals surface area (Å²) in [5.41, 5.74) is 3.78. The van der Waals surface area contributed by atoms with E-state index in [1.807, 2.05) is 37.3 Å². The van der Waals surface area contributed by atoms with Gasteiger partial charge in [0.2, 0.25) is 0 Å². The van der Waals surface area contributed by atoms with Gasteiger partial charge in [-0.15, -0.1) is 0 Å². The first-order valence-corrected chi connectivity index (χ1v) is 12.0. The van der Waals surface area contributed by atoms with E-state index in [9.17, 15) is 4.79 Å². The summed E-state index contributed by atoms with van der Waals surface area (Å²) >= 11 is 6.05. The summed E-state index contributed by atoms with van der Waals surface area (Å²) in [5.74, 6) is 2.02. The third-order valence-corrected chi connectivity index (χ3v) is 6.08. The molecule has 34 heavy (non-hydrogen) atoms. The van der Waals surface area contributed by atoms with E-state index in [2.05, 4.69) is 41.9 Å². The lowest BCUT2D eigenvalue weighted by Gasteiger charge is -2.17. The van der Waals surface area contributed by atoms with Gasteiger partial charge >= 0.3 is 0 Å². The van der Waals surface area contributed by atoms with Crippen LogP contribution in [-0.2, 0) is 6.54 Å². The molecule has 176 valence electrons. The van der Waals surface area contributed by atoms with Crippen molar-refractivity contribution in [2.75, 3.05) is 6.61 Å². The van der Waals surface area contributed by atoms with Crippen molar-refractivity contribution < 1.29 is 9.53 Å². The number of imidazole rings is 1. The number of aromatic nitrogens is 2. The fraction of sp³-hybridized carbons (Fsp3) is 0.286. The van der Waals surface area contributed by atoms with E-state index in [0.29, 0.717) is 23.1 Å². The Morgan fingerprint density at radius 2 is 1.79 bits per heavy atom. The van der Waals surface area contributed by atoms with Crippen LogP contribution in [0.4, 0.5) is 0 Å². The number of para-hydroxylation sites is 2. The Kier molecular flexibility index (Phi) is 7.53. The maximum atomic E-state index is 12.8. The Bertz CT molecular complexity index is 1260. The highest BCUT2D eigenvalue weighted by Gasteiger charge is 2.19. The van der Waals surface area contributed by atoms with Gasteiger partial charge in [-0.25, -0.2) is 4.98 Å². The van der Waals surface area contributed by atoms with Crippen molar-refractivity contribution in [2.24, 2.45) is 0 Å². The lowest BCUT2D eigenvalue weighted by molar-refractivity contribution is 0.0937. The summed E-state index contributed by atoms with van der Waals surface area (Å²) in [5, 5.41) is 3.59. The zero-order chi connectivity index (χ0) is 24.1. The van der Waals surface area contributed by atoms with Crippen molar-refractivity contribution in [2.45, 2.75) is 45.7 Å². The fourth-order valence-corrected chi connectivity index (χ4v) is 4.19. The minimum Gasteiger partial charge on any atom is -0.494 e. The number of amides is 1. The summed E-state index contributed by atoms with van der Waals surface area (Å²) in [6.45, 7) is 7.64. The van der Waals surface area contributed by atoms with Crippen LogP contribution in [0, 0.1) is 0 Å². The minimum atomic E-state index is -0.275. The topological polar surface area (TPSA) is 56.1 Å². The number of carbonyl (C=O) groups is 1. The van der Waals surface area contributed by atoms with Crippen LogP contribution < -0.4 is 10.1 Å². The van der Waals surface area contributed by atoms with Crippen molar-refractivity contribution in [1.29, 1.82) is 0 Å². The number of benzene rings is 3. The zero-order valence-electron chi connectivity index (χ0n) is 19.8. The van der Waals surface area contributed by atoms with Crippen LogP contribution in [0.2, 0.25) is 5.02 Å². The molecule has 0 fully saturated rings. The van der Waals surface area contributed by atoms with Gasteiger partial charge in [-0.3, -0.25) is 4.79 Å². The highest BCUT2D eigenvalue weighted by molar-refractivity contribution is 6.30. The summed E-state index contributed by atoms with van der Waals surface area (Å²) in [7, 11) is 0. The molecule has 0 radical (unpaired) electrons. The third kappa shape index (κ3) is 5.60. The Morgan fingerprint density at radius 1 is 1.03 bits per heavy atom. The number of hydrogen-bond acceptors (Lipinski definition) is 3. The molecule has 0 bridgehead atoms. The average Bonchev–Trinajstić information content (AvgIpc) is 3.21. The molecule has 3 aromatic carbocycles. The molecule has 1 N–H and O–H groups in total. The van der Waals surface area contributed by atoms with E-state index in [0.717, 1.165) is 35.6 Å². The SMILES string of the molecule is CC(C)c1ccc(OCCCn2c(C(C)NC(=O)c3cccc(Cl)c3)nc3ccccc32)cc1. The molecule has 0 saturated heterocycles. The molecule has 1 aromatic heterocycles. The van der Waals surface area contributed by atoms with Gasteiger partial charge in [0.25, 0.3) is 5.91 Å². The summed E-state index contributed by atoms with van der Waals surface area (Å²) in [4.78, 5) is 17.6. The monoisotopic (exact) mass is 475 g/mol. The third-order valence-electron chi connectivity index (χ3n) is 5.85. The lowest BCUT2D eigenvalue weighted by Crippen LogP contribution is -2.28. The van der Waals surface area contributed by atoms with Gasteiger partial charge in [0.1, 0.15) is 11.6 Å². The van der Waals surface area contributed by atoms with Crippen molar-refractivity contribution in [3.63, 3.8) is 0 Å². The summed E-state index contributed by atoms with van der Waals surface area (Å²) < 4.78 is 8.14. The minimum absolute atomic E-state index is 0.179. The van der Waals surface area contributed by atoms with Crippen LogP contribution in [0.1, 0.15) is 60.9 Å². The molecule has 6 heteroatoms. The molecule has 1 heterocycles. The van der Waals surface area contributed by atoms with Crippen LogP contribution >= 0.6 is 11.6 Å². The predicted octanol–water partition coefficient (Wildman–Crippen LogP) is 6.77. The summed E-state index contributed by atoms with van der Waals surface area (Å²) in [6.07, 6.45) is 0.814. The van der Waals surface area contributed by atoms with Crippen molar-refractivity contribution >= 4 is 28.5 Å². The van der Waals surface area contributed by atoms with Crippen LogP contribution in [-0.4, -0.2) is 22.1 Å². The second-order valence-corrected chi connectivity index (χ2v) is 9.18. The summed E-state index contributed by atoms with van der Waals surface area (Å²) in [6, 6.07) is 23.0. The molecule has 0 aliphatic carbocycles. The van der Waals surface area contributed by atoms with Gasteiger partial charge in [0.15, 0.2) is 0 Å². The number of ether oxygens (including phenoxy) is 1. The van der Waals surface area contributed by atoms with Gasteiger partial charge in [0, 0.05) is 17.1 Å². The molecular formula is C28H30ClN3O2. The van der Waals surface area contributed by atoms with E-state index in [1.54, 1.807) is 24.3 Å². The van der Waals surface area contributed by atoms with Gasteiger partial charge in [-0.2, -0.15) is 0 Å². The van der Waals surface area contributed by atoms with Gasteiger partial charge < -0.3 is 14.6 Å². The normalized spacial score (nSPS) is 12.1. The Hall–Kier alpha value is -3.31. The zero-order valence-corrected chi connectivity index (χ0v) is 20.5. The first-order valence-electron chi connectivity index (χ1n) is 11.7. The second-order valence-electron chi connectivity index (χ2n) is 8.74. The number of carbonyl (C=O) groups excluding carboxylic acids is 1. The molecule has 1 unspecified atom stereocenters. The number of hydrogen-bond donors (Lipinski definition) is 1. The standard InChI is InChI=1S/C28H30ClN3O2/c1-19(2)21-12-14-24(15-13-21)34-17-7-16-32-26-11-5-4-10-25(26)31-27(32)20(3)30-28(33)22-8-6-9-23(29)18-22/h4-6,8-15,18-20H,7,16-17H2,1-3H3,(H,30,33). The number of rotatable bonds is 9. The van der Waals surface area contributed by atoms with Crippen LogP contribution in [0.3, 0.4) is 0 Å². The highest BCUT2D eigenvalue weighted by Crippen LogP contribution is 2.23. The molecule has 0 aliphatic rings. The molecule has 0 spiro atoms. The number of nitrogens with one attached hydrogen (secondary N) is 1. The lowest BCUT2D eigenvalue weighted by atomic mass is 10.0. The number of nitrogens with zero attached hydrogens (tertiary/aromatic N) is 2. The smallest absolute Gasteiger partial charge is 0.251 e. The van der Waals surface area contributed by atoms with E-state index in [1.165, 1.54) is 5.56 Å². The van der Waals surface area contributed by atoms with Crippen LogP contribution in [0.25, 0.3) is 11.0 Å². The largest absolute Gasteiger partial charge is 0.494 e. The van der Waals surface area contributed by atoms with Gasteiger partial charge in [-0.1, -0.05) is 55.8 Å². The Labute approximate surface area is 205 Å². The van der Waals surface area contributed by atoms with Gasteiger partial charge in [-0.05, 0) is 67.3 Å². The molecule has 4 aromatic rings. The molecular weight excluding hydrogens is 446 g/mol. The Balaban J connectivity index is 1.44. The fourth-order valence-electron chi connectivity index (χ4n) is 4.00. The average molecular weight is 476 g/mol. The number of halogens is 1. The molecule has 1 atom stereocenters. The molecule has 1 amide bonds.